The third-order valence-electron chi connectivity index (χ3n) is 5.39. The van der Waals surface area contributed by atoms with E-state index in [0.29, 0.717) is 24.1 Å². The molecule has 1 aliphatic rings. The Morgan fingerprint density at radius 2 is 1.87 bits per heavy atom. The summed E-state index contributed by atoms with van der Waals surface area (Å²) in [7, 11) is 1.45. The van der Waals surface area contributed by atoms with Crippen LogP contribution in [-0.4, -0.2) is 48.3 Å². The van der Waals surface area contributed by atoms with Crippen LogP contribution in [0.3, 0.4) is 0 Å². The molecule has 0 saturated carbocycles. The van der Waals surface area contributed by atoms with E-state index in [-0.39, 0.29) is 18.6 Å². The van der Waals surface area contributed by atoms with Gasteiger partial charge in [-0.25, -0.2) is 4.79 Å². The normalized spacial score (nSPS) is 18.3. The van der Waals surface area contributed by atoms with Crippen LogP contribution < -0.4 is 0 Å². The second kappa shape index (κ2) is 9.57. The van der Waals surface area contributed by atoms with Crippen LogP contribution in [-0.2, 0) is 14.4 Å². The van der Waals surface area contributed by atoms with Gasteiger partial charge in [-0.3, -0.25) is 4.79 Å². The van der Waals surface area contributed by atoms with Crippen molar-refractivity contribution in [1.82, 2.24) is 4.90 Å². The zero-order chi connectivity index (χ0) is 21.7. The first-order valence-electron chi connectivity index (χ1n) is 10.2. The fourth-order valence-corrected chi connectivity index (χ4v) is 3.54. The van der Waals surface area contributed by atoms with Crippen LogP contribution in [0.15, 0.2) is 53.7 Å². The number of aryl methyl sites for hydroxylation is 1. The van der Waals surface area contributed by atoms with Crippen LogP contribution >= 0.6 is 0 Å². The summed E-state index contributed by atoms with van der Waals surface area (Å²) in [5, 5.41) is 3.96. The Hall–Kier alpha value is -3.15. The maximum Gasteiger partial charge on any atom is 0.329 e. The molecule has 2 atom stereocenters. The third-order valence-corrected chi connectivity index (χ3v) is 5.39. The fraction of sp³-hybridized carbons (Fsp3) is 0.375. The van der Waals surface area contributed by atoms with E-state index in [1.807, 2.05) is 38.1 Å². The first-order valence-corrected chi connectivity index (χ1v) is 10.2. The van der Waals surface area contributed by atoms with Crippen LogP contribution in [0.2, 0.25) is 0 Å². The molecule has 1 unspecified atom stereocenters. The van der Waals surface area contributed by atoms with Crippen LogP contribution in [0.5, 0.6) is 0 Å². The van der Waals surface area contributed by atoms with Crippen LogP contribution in [0.25, 0.3) is 11.1 Å². The lowest BCUT2D eigenvalue weighted by atomic mass is 9.99. The zero-order valence-corrected chi connectivity index (χ0v) is 17.9. The molecule has 6 heteroatoms. The van der Waals surface area contributed by atoms with Gasteiger partial charge in [0, 0.05) is 12.0 Å². The van der Waals surface area contributed by atoms with E-state index in [1.165, 1.54) is 17.6 Å². The number of esters is 1. The monoisotopic (exact) mass is 408 g/mol. The molecule has 1 amide bonds. The molecule has 1 aliphatic heterocycles. The van der Waals surface area contributed by atoms with Gasteiger partial charge in [0.1, 0.15) is 13.2 Å². The minimum Gasteiger partial charge on any atom is -0.461 e. The summed E-state index contributed by atoms with van der Waals surface area (Å²) in [5.41, 5.74) is 4.51. The van der Waals surface area contributed by atoms with Crippen molar-refractivity contribution in [2.45, 2.75) is 45.8 Å². The molecule has 0 aromatic heterocycles. The Morgan fingerprint density at radius 3 is 2.50 bits per heavy atom. The predicted molar refractivity (Wildman–Crippen MR) is 116 cm³/mol. The van der Waals surface area contributed by atoms with Gasteiger partial charge in [0.2, 0.25) is 0 Å². The number of hydrogen-bond donors (Lipinski definition) is 0. The quantitative estimate of drug-likeness (QED) is 0.530. The van der Waals surface area contributed by atoms with Crippen molar-refractivity contribution in [3.05, 3.63) is 59.7 Å². The van der Waals surface area contributed by atoms with Crippen LogP contribution in [0, 0.1) is 6.92 Å². The predicted octanol–water partition coefficient (Wildman–Crippen LogP) is 4.22. The Kier molecular flexibility index (Phi) is 6.87. The highest BCUT2D eigenvalue weighted by Crippen LogP contribution is 2.25. The molecule has 0 bridgehead atoms. The van der Waals surface area contributed by atoms with Crippen molar-refractivity contribution in [3.8, 4) is 11.1 Å². The van der Waals surface area contributed by atoms with Crippen LogP contribution in [0.1, 0.15) is 42.6 Å². The lowest BCUT2D eigenvalue weighted by molar-refractivity contribution is -0.152. The van der Waals surface area contributed by atoms with Crippen molar-refractivity contribution < 1.29 is 19.2 Å². The number of oxime groups is 1. The van der Waals surface area contributed by atoms with Crippen molar-refractivity contribution in [2.75, 3.05) is 13.7 Å². The molecule has 1 fully saturated rings. The Balaban J connectivity index is 1.83. The number of rotatable bonds is 6. The number of carbonyl (C=O) groups is 2. The zero-order valence-electron chi connectivity index (χ0n) is 17.9. The van der Waals surface area contributed by atoms with Gasteiger partial charge in [-0.2, -0.15) is 0 Å². The van der Waals surface area contributed by atoms with Crippen LogP contribution in [0.4, 0.5) is 0 Å². The lowest BCUT2D eigenvalue weighted by Gasteiger charge is -2.24. The number of likely N-dealkylation sites (tertiary alicyclic amines) is 1. The first kappa shape index (κ1) is 21.6. The van der Waals surface area contributed by atoms with Gasteiger partial charge in [0.05, 0.1) is 18.4 Å². The summed E-state index contributed by atoms with van der Waals surface area (Å²) < 4.78 is 5.49. The van der Waals surface area contributed by atoms with Gasteiger partial charge < -0.3 is 14.5 Å². The molecular weight excluding hydrogens is 380 g/mol. The average molecular weight is 408 g/mol. The molecule has 2 aromatic carbocycles. The topological polar surface area (TPSA) is 68.2 Å². The maximum atomic E-state index is 13.2. The van der Waals surface area contributed by atoms with E-state index in [9.17, 15) is 9.59 Å². The van der Waals surface area contributed by atoms with Gasteiger partial charge in [0.25, 0.3) is 5.91 Å². The molecule has 30 heavy (non-hydrogen) atoms. The Bertz CT molecular complexity index is 936. The highest BCUT2D eigenvalue weighted by Gasteiger charge is 2.40. The van der Waals surface area contributed by atoms with Crippen molar-refractivity contribution >= 4 is 17.6 Å². The molecule has 6 nitrogen and oxygen atoms in total. The van der Waals surface area contributed by atoms with Crippen molar-refractivity contribution in [1.29, 1.82) is 0 Å². The van der Waals surface area contributed by atoms with E-state index in [1.54, 1.807) is 12.1 Å². The molecule has 0 N–H and O–H groups in total. The Labute approximate surface area is 177 Å². The molecule has 1 saturated heterocycles. The number of nitrogens with zero attached hydrogens (tertiary/aromatic N) is 2. The molecule has 1 heterocycles. The molecular formula is C24H28N2O4. The number of amides is 1. The standard InChI is InChI=1S/C24H28N2O4/c1-5-17(3)30-24(28)22-14-20(25-29-4)15-26(22)23(27)19-12-10-18(11-13-19)21-9-7-6-8-16(21)2/h6-13,17,22H,5,14-15H2,1-4H3/t17?,22-/m0/s1. The lowest BCUT2D eigenvalue weighted by Crippen LogP contribution is -2.42. The largest absolute Gasteiger partial charge is 0.461 e. The maximum absolute atomic E-state index is 13.2. The number of carbonyl (C=O) groups excluding carboxylic acids is 2. The van der Waals surface area contributed by atoms with Crippen molar-refractivity contribution in [3.63, 3.8) is 0 Å². The second-order valence-corrected chi connectivity index (χ2v) is 7.54. The minimum absolute atomic E-state index is 0.203. The smallest absolute Gasteiger partial charge is 0.329 e. The number of benzene rings is 2. The summed E-state index contributed by atoms with van der Waals surface area (Å²) in [5.74, 6) is -0.630. The molecule has 158 valence electrons. The molecule has 0 spiro atoms. The summed E-state index contributed by atoms with van der Waals surface area (Å²) >= 11 is 0. The summed E-state index contributed by atoms with van der Waals surface area (Å²) in [6, 6.07) is 14.9. The third kappa shape index (κ3) is 4.70. The van der Waals surface area contributed by atoms with Gasteiger partial charge >= 0.3 is 5.97 Å². The van der Waals surface area contributed by atoms with Gasteiger partial charge in [0.15, 0.2) is 0 Å². The number of ether oxygens (including phenoxy) is 1. The van der Waals surface area contributed by atoms with E-state index in [2.05, 4.69) is 24.2 Å². The Morgan fingerprint density at radius 1 is 1.17 bits per heavy atom. The molecule has 3 rings (SSSR count). The van der Waals surface area contributed by atoms with E-state index >= 15 is 0 Å². The van der Waals surface area contributed by atoms with Gasteiger partial charge in [-0.05, 0) is 49.1 Å². The SMILES string of the molecule is CCC(C)OC(=O)[C@@H]1CC(=NOC)CN1C(=O)c1ccc(-c2ccccc2C)cc1. The number of hydrogen-bond acceptors (Lipinski definition) is 5. The second-order valence-electron chi connectivity index (χ2n) is 7.54. The highest BCUT2D eigenvalue weighted by atomic mass is 16.6. The highest BCUT2D eigenvalue weighted by molar-refractivity contribution is 6.04. The van der Waals surface area contributed by atoms with E-state index < -0.39 is 12.0 Å². The van der Waals surface area contributed by atoms with E-state index in [0.717, 1.165) is 11.1 Å². The van der Waals surface area contributed by atoms with Gasteiger partial charge in [-0.15, -0.1) is 0 Å². The van der Waals surface area contributed by atoms with Crippen molar-refractivity contribution in [2.24, 2.45) is 5.16 Å². The summed E-state index contributed by atoms with van der Waals surface area (Å²) in [6.07, 6.45) is 0.827. The summed E-state index contributed by atoms with van der Waals surface area (Å²) in [4.78, 5) is 32.3. The summed E-state index contributed by atoms with van der Waals surface area (Å²) in [6.45, 7) is 6.09. The first-order chi connectivity index (χ1) is 14.4. The molecule has 0 radical (unpaired) electrons. The molecule has 0 aliphatic carbocycles. The molecule has 2 aromatic rings. The average Bonchev–Trinajstić information content (AvgIpc) is 3.18. The fourth-order valence-electron chi connectivity index (χ4n) is 3.54. The van der Waals surface area contributed by atoms with E-state index in [4.69, 9.17) is 9.57 Å². The van der Waals surface area contributed by atoms with Gasteiger partial charge in [-0.1, -0.05) is 48.5 Å². The minimum atomic E-state index is -0.698.